The first-order chi connectivity index (χ1) is 11.4. The lowest BCUT2D eigenvalue weighted by Crippen LogP contribution is -2.42. The molecule has 1 N–H and O–H groups in total. The van der Waals surface area contributed by atoms with Gasteiger partial charge in [-0.25, -0.2) is 4.79 Å². The van der Waals surface area contributed by atoms with Crippen molar-refractivity contribution < 1.29 is 22.8 Å². The van der Waals surface area contributed by atoms with Crippen LogP contribution < -0.4 is 11.2 Å². The number of aryl methyl sites for hydroxylation is 1. The van der Waals surface area contributed by atoms with Gasteiger partial charge in [-0.05, 0) is 13.3 Å². The van der Waals surface area contributed by atoms with Crippen molar-refractivity contribution in [1.29, 1.82) is 0 Å². The lowest BCUT2D eigenvalue weighted by Gasteiger charge is -2.24. The Bertz CT molecular complexity index is 643. The van der Waals surface area contributed by atoms with Gasteiger partial charge in [0, 0.05) is 45.7 Å². The Labute approximate surface area is 140 Å². The highest BCUT2D eigenvalue weighted by Gasteiger charge is 2.36. The Balaban J connectivity index is 2.42. The molecule has 1 aromatic heterocycles. The average Bonchev–Trinajstić information content (AvgIpc) is 2.59. The van der Waals surface area contributed by atoms with E-state index in [1.807, 2.05) is 0 Å². The third-order valence-electron chi connectivity index (χ3n) is 3.60. The zero-order valence-corrected chi connectivity index (χ0v) is 15.4. The average molecular weight is 360 g/mol. The quantitative estimate of drug-likeness (QED) is 0.357. The zero-order valence-electron chi connectivity index (χ0n) is 14.4. The molecule has 10 heteroatoms. The third kappa shape index (κ3) is 5.41. The van der Waals surface area contributed by atoms with Crippen molar-refractivity contribution in [3.05, 3.63) is 32.6 Å². The van der Waals surface area contributed by atoms with E-state index >= 15 is 0 Å². The van der Waals surface area contributed by atoms with E-state index in [0.29, 0.717) is 18.0 Å². The number of nitrogens with one attached hydrogen (secondary N) is 1. The molecule has 0 aliphatic carbocycles. The maximum absolute atomic E-state index is 11.8. The highest BCUT2D eigenvalue weighted by molar-refractivity contribution is 6.60. The van der Waals surface area contributed by atoms with Crippen LogP contribution in [0.4, 0.5) is 0 Å². The Morgan fingerprint density at radius 1 is 1.21 bits per heavy atom. The first kappa shape index (κ1) is 20.3. The predicted octanol–water partition coefficient (Wildman–Crippen LogP) is 0.0465. The van der Waals surface area contributed by atoms with Crippen LogP contribution in [-0.2, 0) is 29.4 Å². The van der Waals surface area contributed by atoms with Crippen LogP contribution in [0.3, 0.4) is 0 Å². The monoisotopic (exact) mass is 360 g/mol. The minimum atomic E-state index is -2.66. The standard InChI is InChI=1S/C14H24N2O7Si/c1-11-10-15-14(19)16(13(11)18)7-6-12(17)23-8-5-9-24(20-2,21-3)22-4/h10H,5-9H2,1-4H3,(H,15,19). The Hall–Kier alpha value is -1.75. The van der Waals surface area contributed by atoms with Crippen LogP contribution in [0.2, 0.25) is 6.04 Å². The van der Waals surface area contributed by atoms with E-state index in [4.69, 9.17) is 18.0 Å². The highest BCUT2D eigenvalue weighted by atomic mass is 28.4. The van der Waals surface area contributed by atoms with Crippen molar-refractivity contribution in [1.82, 2.24) is 9.55 Å². The van der Waals surface area contributed by atoms with Crippen LogP contribution in [0.1, 0.15) is 18.4 Å². The normalized spacial score (nSPS) is 11.5. The number of aromatic amines is 1. The molecule has 0 fully saturated rings. The van der Waals surface area contributed by atoms with Crippen LogP contribution >= 0.6 is 0 Å². The van der Waals surface area contributed by atoms with E-state index in [1.54, 1.807) is 6.92 Å². The maximum Gasteiger partial charge on any atom is 0.500 e. The number of H-pyrrole nitrogens is 1. The van der Waals surface area contributed by atoms with E-state index in [2.05, 4.69) is 4.98 Å². The summed E-state index contributed by atoms with van der Waals surface area (Å²) in [6.45, 7) is 1.74. The summed E-state index contributed by atoms with van der Waals surface area (Å²) in [5, 5.41) is 0. The first-order valence-corrected chi connectivity index (χ1v) is 9.42. The van der Waals surface area contributed by atoms with Crippen LogP contribution in [0.15, 0.2) is 15.8 Å². The Morgan fingerprint density at radius 2 is 1.83 bits per heavy atom. The Kier molecular flexibility index (Phi) is 8.05. The van der Waals surface area contributed by atoms with Crippen molar-refractivity contribution in [3.63, 3.8) is 0 Å². The summed E-state index contributed by atoms with van der Waals surface area (Å²) in [7, 11) is 1.88. The smallest absolute Gasteiger partial charge is 0.466 e. The molecule has 0 spiro atoms. The van der Waals surface area contributed by atoms with Crippen molar-refractivity contribution in [2.45, 2.75) is 32.4 Å². The zero-order chi connectivity index (χ0) is 18.2. The fourth-order valence-electron chi connectivity index (χ4n) is 2.12. The second-order valence-electron chi connectivity index (χ2n) is 5.10. The number of ether oxygens (including phenoxy) is 1. The fraction of sp³-hybridized carbons (Fsp3) is 0.643. The molecule has 0 aliphatic rings. The number of carbonyl (C=O) groups excluding carboxylic acids is 1. The molecule has 1 aromatic rings. The number of rotatable bonds is 10. The maximum atomic E-state index is 11.8. The summed E-state index contributed by atoms with van der Waals surface area (Å²) < 4.78 is 21.9. The molecule has 136 valence electrons. The summed E-state index contributed by atoms with van der Waals surface area (Å²) >= 11 is 0. The number of carbonyl (C=O) groups is 1. The molecule has 9 nitrogen and oxygen atoms in total. The minimum Gasteiger partial charge on any atom is -0.466 e. The van der Waals surface area contributed by atoms with Crippen LogP contribution in [0.5, 0.6) is 0 Å². The molecule has 0 bridgehead atoms. The van der Waals surface area contributed by atoms with Gasteiger partial charge in [-0.1, -0.05) is 0 Å². The van der Waals surface area contributed by atoms with Gasteiger partial charge in [-0.2, -0.15) is 0 Å². The summed E-state index contributed by atoms with van der Waals surface area (Å²) in [6.07, 6.45) is 1.81. The van der Waals surface area contributed by atoms with E-state index in [1.165, 1.54) is 27.5 Å². The highest BCUT2D eigenvalue weighted by Crippen LogP contribution is 2.14. The second-order valence-corrected chi connectivity index (χ2v) is 8.19. The first-order valence-electron chi connectivity index (χ1n) is 7.49. The topological polar surface area (TPSA) is 109 Å². The molecular formula is C14H24N2O7Si. The molecule has 0 radical (unpaired) electrons. The number of aromatic nitrogens is 2. The van der Waals surface area contributed by atoms with Crippen molar-refractivity contribution in [2.24, 2.45) is 0 Å². The van der Waals surface area contributed by atoms with Gasteiger partial charge in [-0.15, -0.1) is 0 Å². The summed E-state index contributed by atoms with van der Waals surface area (Å²) in [4.78, 5) is 37.6. The van der Waals surface area contributed by atoms with Crippen molar-refractivity contribution in [2.75, 3.05) is 27.9 Å². The summed E-state index contributed by atoms with van der Waals surface area (Å²) in [6, 6.07) is 0.515. The van der Waals surface area contributed by atoms with Gasteiger partial charge in [0.15, 0.2) is 0 Å². The molecular weight excluding hydrogens is 336 g/mol. The van der Waals surface area contributed by atoms with Gasteiger partial charge in [0.2, 0.25) is 0 Å². The number of esters is 1. The minimum absolute atomic E-state index is 0.0262. The van der Waals surface area contributed by atoms with Crippen molar-refractivity contribution >= 4 is 14.8 Å². The molecule has 0 aromatic carbocycles. The largest absolute Gasteiger partial charge is 0.500 e. The second kappa shape index (κ2) is 9.52. The molecule has 0 aliphatic heterocycles. The molecule has 0 saturated carbocycles. The molecule has 0 saturated heterocycles. The van der Waals surface area contributed by atoms with Crippen molar-refractivity contribution in [3.8, 4) is 0 Å². The van der Waals surface area contributed by atoms with Crippen LogP contribution in [-0.4, -0.2) is 52.3 Å². The van der Waals surface area contributed by atoms with E-state index < -0.39 is 26.0 Å². The van der Waals surface area contributed by atoms with E-state index in [9.17, 15) is 14.4 Å². The summed E-state index contributed by atoms with van der Waals surface area (Å²) in [5.74, 6) is -0.484. The van der Waals surface area contributed by atoms with Gasteiger partial charge >= 0.3 is 20.5 Å². The molecule has 1 heterocycles. The molecule has 0 unspecified atom stereocenters. The van der Waals surface area contributed by atoms with Gasteiger partial charge in [0.1, 0.15) is 0 Å². The SMILES string of the molecule is CO[Si](CCCOC(=O)CCn1c(=O)[nH]cc(C)c1=O)(OC)OC. The number of hydrogen-bond acceptors (Lipinski definition) is 7. The number of nitrogens with zero attached hydrogens (tertiary/aromatic N) is 1. The number of hydrogen-bond donors (Lipinski definition) is 1. The molecule has 1 rings (SSSR count). The lowest BCUT2D eigenvalue weighted by atomic mass is 10.3. The van der Waals surface area contributed by atoms with Crippen LogP contribution in [0, 0.1) is 6.92 Å². The van der Waals surface area contributed by atoms with Gasteiger partial charge < -0.3 is 23.0 Å². The van der Waals surface area contributed by atoms with Gasteiger partial charge in [0.05, 0.1) is 13.0 Å². The lowest BCUT2D eigenvalue weighted by molar-refractivity contribution is -0.144. The Morgan fingerprint density at radius 3 is 2.42 bits per heavy atom. The van der Waals surface area contributed by atoms with Gasteiger partial charge in [-0.3, -0.25) is 14.2 Å². The molecule has 24 heavy (non-hydrogen) atoms. The van der Waals surface area contributed by atoms with Gasteiger partial charge in [0.25, 0.3) is 5.56 Å². The fourth-order valence-corrected chi connectivity index (χ4v) is 3.81. The van der Waals surface area contributed by atoms with Crippen LogP contribution in [0.25, 0.3) is 0 Å². The third-order valence-corrected chi connectivity index (χ3v) is 6.43. The summed E-state index contributed by atoms with van der Waals surface area (Å²) in [5.41, 5.74) is -0.556. The molecule has 0 atom stereocenters. The van der Waals surface area contributed by atoms with E-state index in [-0.39, 0.29) is 19.6 Å². The predicted molar refractivity (Wildman–Crippen MR) is 87.8 cm³/mol. The van der Waals surface area contributed by atoms with E-state index in [0.717, 1.165) is 4.57 Å². The molecule has 0 amide bonds.